The van der Waals surface area contributed by atoms with E-state index >= 15 is 0 Å². The van der Waals surface area contributed by atoms with Gasteiger partial charge in [0.2, 0.25) is 5.91 Å². The number of hydrogen-bond acceptors (Lipinski definition) is 6. The van der Waals surface area contributed by atoms with Crippen LogP contribution in [-0.4, -0.2) is 74.3 Å². The number of carbonyl (C=O) groups excluding carboxylic acids is 2. The number of ether oxygens (including phenoxy) is 1. The molecule has 10 heteroatoms. The summed E-state index contributed by atoms with van der Waals surface area (Å²) >= 11 is 0. The summed E-state index contributed by atoms with van der Waals surface area (Å²) in [6.45, 7) is 6.76. The van der Waals surface area contributed by atoms with Crippen LogP contribution in [0.2, 0.25) is 0 Å². The van der Waals surface area contributed by atoms with Crippen LogP contribution in [0, 0.1) is 0 Å². The molecular weight excluding hydrogens is 856 g/mol. The van der Waals surface area contributed by atoms with Crippen molar-refractivity contribution in [3.8, 4) is 0 Å². The van der Waals surface area contributed by atoms with Crippen LogP contribution in [0.25, 0.3) is 0 Å². The third-order valence-corrected chi connectivity index (χ3v) is 12.2. The molecule has 1 amide bonds. The van der Waals surface area contributed by atoms with Gasteiger partial charge in [-0.1, -0.05) is 215 Å². The summed E-state index contributed by atoms with van der Waals surface area (Å²) in [5.41, 5.74) is 0. The van der Waals surface area contributed by atoms with Crippen LogP contribution in [0.3, 0.4) is 0 Å². The van der Waals surface area contributed by atoms with Crippen molar-refractivity contribution in [1.82, 2.24) is 5.32 Å². The highest BCUT2D eigenvalue weighted by molar-refractivity contribution is 7.47. The van der Waals surface area contributed by atoms with Crippen molar-refractivity contribution in [1.29, 1.82) is 0 Å². The summed E-state index contributed by atoms with van der Waals surface area (Å²) in [4.78, 5) is 37.4. The van der Waals surface area contributed by atoms with E-state index in [4.69, 9.17) is 13.8 Å². The Morgan fingerprint density at radius 3 is 1.54 bits per heavy atom. The van der Waals surface area contributed by atoms with Crippen molar-refractivity contribution in [3.05, 3.63) is 97.2 Å². The van der Waals surface area contributed by atoms with Crippen LogP contribution in [0.5, 0.6) is 0 Å². The lowest BCUT2D eigenvalue weighted by molar-refractivity contribution is -0.870. The molecule has 67 heavy (non-hydrogen) atoms. The first-order valence-electron chi connectivity index (χ1n) is 26.6. The predicted molar refractivity (Wildman–Crippen MR) is 286 cm³/mol. The fraction of sp³-hybridized carbons (Fsp3) is 0.684. The third-order valence-electron chi connectivity index (χ3n) is 11.2. The number of carbonyl (C=O) groups is 2. The Labute approximate surface area is 411 Å². The minimum Gasteiger partial charge on any atom is -0.456 e. The van der Waals surface area contributed by atoms with Gasteiger partial charge in [-0.25, -0.2) is 4.57 Å². The van der Waals surface area contributed by atoms with Crippen molar-refractivity contribution < 1.29 is 37.3 Å². The van der Waals surface area contributed by atoms with Crippen molar-refractivity contribution in [2.75, 3.05) is 40.9 Å². The van der Waals surface area contributed by atoms with Crippen LogP contribution in [0.4, 0.5) is 0 Å². The van der Waals surface area contributed by atoms with E-state index < -0.39 is 20.0 Å². The number of amides is 1. The molecule has 0 aliphatic carbocycles. The SMILES string of the molecule is CC\C=C/C=C/C=C/C=C\C=C\C=C\CCCCCC(=O)NC(COP(=O)(O)OCC[N+](C)(C)C)C(/C=C/CCCCCCCCCCCCC)OC(=O)CCCCCCC/C=C\CCCC. The first-order chi connectivity index (χ1) is 32.4. The van der Waals surface area contributed by atoms with Gasteiger partial charge < -0.3 is 19.4 Å². The van der Waals surface area contributed by atoms with Gasteiger partial charge in [-0.15, -0.1) is 0 Å². The minimum atomic E-state index is -4.46. The molecule has 0 aliphatic heterocycles. The monoisotopic (exact) mass is 956 g/mol. The van der Waals surface area contributed by atoms with E-state index in [1.54, 1.807) is 0 Å². The minimum absolute atomic E-state index is 0.0248. The molecule has 0 saturated heterocycles. The normalized spacial score (nSPS) is 14.7. The van der Waals surface area contributed by atoms with Crippen molar-refractivity contribution in [2.45, 2.75) is 213 Å². The quantitative estimate of drug-likeness (QED) is 0.0156. The lowest BCUT2D eigenvalue weighted by Crippen LogP contribution is -2.47. The Morgan fingerprint density at radius 2 is 0.985 bits per heavy atom. The lowest BCUT2D eigenvalue weighted by atomic mass is 10.0. The number of rotatable bonds is 46. The van der Waals surface area contributed by atoms with Crippen molar-refractivity contribution >= 4 is 19.7 Å². The molecule has 0 aliphatic rings. The fourth-order valence-corrected chi connectivity index (χ4v) is 7.74. The maximum Gasteiger partial charge on any atom is 0.472 e. The molecule has 3 unspecified atom stereocenters. The Morgan fingerprint density at radius 1 is 0.537 bits per heavy atom. The Hall–Kier alpha value is -3.07. The number of nitrogens with one attached hydrogen (secondary N) is 1. The Kier molecular flexibility index (Phi) is 44.5. The van der Waals surface area contributed by atoms with Crippen LogP contribution < -0.4 is 5.32 Å². The number of esters is 1. The Bertz CT molecular complexity index is 1470. The zero-order valence-corrected chi connectivity index (χ0v) is 44.5. The molecule has 0 aromatic heterocycles. The lowest BCUT2D eigenvalue weighted by Gasteiger charge is -2.27. The summed E-state index contributed by atoms with van der Waals surface area (Å²) in [5, 5.41) is 3.01. The highest BCUT2D eigenvalue weighted by Crippen LogP contribution is 2.43. The molecule has 0 spiro atoms. The van der Waals surface area contributed by atoms with Crippen LogP contribution in [-0.2, 0) is 27.9 Å². The van der Waals surface area contributed by atoms with Gasteiger partial charge in [0.05, 0.1) is 33.8 Å². The van der Waals surface area contributed by atoms with E-state index in [9.17, 15) is 19.0 Å². The smallest absolute Gasteiger partial charge is 0.456 e. The highest BCUT2D eigenvalue weighted by Gasteiger charge is 2.30. The Balaban J connectivity index is 5.53. The number of likely N-dealkylation sites (N-methyl/N-ethyl adjacent to an activating group) is 1. The average Bonchev–Trinajstić information content (AvgIpc) is 3.28. The van der Waals surface area contributed by atoms with Gasteiger partial charge in [0, 0.05) is 12.8 Å². The molecule has 384 valence electrons. The van der Waals surface area contributed by atoms with Crippen LogP contribution >= 0.6 is 7.82 Å². The zero-order valence-electron chi connectivity index (χ0n) is 43.6. The molecule has 2 N–H and O–H groups in total. The number of phosphoric ester groups is 1. The summed E-state index contributed by atoms with van der Waals surface area (Å²) in [7, 11) is 1.44. The van der Waals surface area contributed by atoms with E-state index in [2.05, 4.69) is 50.4 Å². The van der Waals surface area contributed by atoms with E-state index in [1.165, 1.54) is 70.6 Å². The van der Waals surface area contributed by atoms with Gasteiger partial charge >= 0.3 is 13.8 Å². The molecule has 0 saturated carbocycles. The number of quaternary nitrogens is 1. The fourth-order valence-electron chi connectivity index (χ4n) is 7.01. The summed E-state index contributed by atoms with van der Waals surface area (Å²) in [6, 6.07) is -0.878. The van der Waals surface area contributed by atoms with Gasteiger partial charge in [0.15, 0.2) is 0 Å². The summed E-state index contributed by atoms with van der Waals surface area (Å²) in [5.74, 6) is -0.576. The molecule has 0 radical (unpaired) electrons. The molecule has 3 atom stereocenters. The van der Waals surface area contributed by atoms with E-state index in [-0.39, 0.29) is 37.9 Å². The molecule has 0 aromatic rings. The largest absolute Gasteiger partial charge is 0.472 e. The third kappa shape index (κ3) is 47.8. The molecule has 0 fully saturated rings. The number of phosphoric acid groups is 1. The maximum absolute atomic E-state index is 13.4. The molecule has 0 aromatic carbocycles. The number of unbranched alkanes of at least 4 members (excludes halogenated alkanes) is 21. The molecule has 0 rings (SSSR count). The predicted octanol–water partition coefficient (Wildman–Crippen LogP) is 15.7. The summed E-state index contributed by atoms with van der Waals surface area (Å²) < 4.78 is 30.5. The highest BCUT2D eigenvalue weighted by atomic mass is 31.2. The van der Waals surface area contributed by atoms with E-state index in [1.807, 2.05) is 94.1 Å². The molecule has 9 nitrogen and oxygen atoms in total. The van der Waals surface area contributed by atoms with E-state index in [0.717, 1.165) is 89.9 Å². The number of hydrogen-bond donors (Lipinski definition) is 2. The zero-order chi connectivity index (χ0) is 49.4. The van der Waals surface area contributed by atoms with Crippen molar-refractivity contribution in [3.63, 3.8) is 0 Å². The van der Waals surface area contributed by atoms with Crippen LogP contribution in [0.15, 0.2) is 97.2 Å². The molecular formula is C57H100N2O7P+. The maximum atomic E-state index is 13.4. The van der Waals surface area contributed by atoms with Gasteiger partial charge in [0.25, 0.3) is 0 Å². The topological polar surface area (TPSA) is 111 Å². The van der Waals surface area contributed by atoms with Gasteiger partial charge in [-0.2, -0.15) is 0 Å². The number of allylic oxidation sites excluding steroid dienone is 15. The van der Waals surface area contributed by atoms with E-state index in [0.29, 0.717) is 17.4 Å². The van der Waals surface area contributed by atoms with Gasteiger partial charge in [0.1, 0.15) is 19.3 Å². The van der Waals surface area contributed by atoms with Gasteiger partial charge in [-0.3, -0.25) is 18.6 Å². The van der Waals surface area contributed by atoms with Gasteiger partial charge in [-0.05, 0) is 70.3 Å². The van der Waals surface area contributed by atoms with Crippen LogP contribution in [0.1, 0.15) is 201 Å². The first-order valence-corrected chi connectivity index (χ1v) is 28.1. The second-order valence-electron chi connectivity index (χ2n) is 18.8. The molecule has 0 bridgehead atoms. The first kappa shape index (κ1) is 63.9. The molecule has 0 heterocycles. The second-order valence-corrected chi connectivity index (χ2v) is 20.3. The van der Waals surface area contributed by atoms with Crippen molar-refractivity contribution in [2.24, 2.45) is 0 Å². The number of nitrogens with zero attached hydrogens (tertiary/aromatic N) is 1. The summed E-state index contributed by atoms with van der Waals surface area (Å²) in [6.07, 6.45) is 61.1. The standard InChI is InChI=1S/C57H99N2O7P/c1-7-10-13-16-19-22-25-27-28-29-30-32-35-37-40-43-46-49-56(60)58-54(53-65-67(62,63)64-52-51-59(4,5)6)55(48-45-42-39-36-34-31-26-23-20-17-14-11-8-2)66-57(61)50-47-44-41-38-33-24-21-18-15-12-9-3/h10,13,16,18-19,21-22,25,27-30,32,35,45,48,54-55H,7-9,11-12,14-15,17,20,23-24,26,31,33-34,36-44,46-47,49-53H2,1-6H3,(H-,58,60,62,63)/p+1/b13-10-,19-16+,21-18-,25-22+,28-27-,30-29+,35-32+,48-45+. The second kappa shape index (κ2) is 46.6. The average molecular weight is 956 g/mol.